The Morgan fingerprint density at radius 2 is 1.72 bits per heavy atom. The molecule has 3 amide bonds. The van der Waals surface area contributed by atoms with E-state index in [1.807, 2.05) is 48.5 Å². The van der Waals surface area contributed by atoms with E-state index in [1.165, 1.54) is 4.57 Å². The molecular weight excluding hydrogens is 462 g/mol. The third-order valence-electron chi connectivity index (χ3n) is 6.92. The topological polar surface area (TPSA) is 106 Å². The highest BCUT2D eigenvalue weighted by Gasteiger charge is 2.31. The second kappa shape index (κ2) is 9.98. The molecule has 1 unspecified atom stereocenters. The summed E-state index contributed by atoms with van der Waals surface area (Å²) in [5, 5.41) is 2.33. The van der Waals surface area contributed by atoms with Gasteiger partial charge in [-0.15, -0.1) is 0 Å². The SMILES string of the molecule is Cn1c(=O)n(C2CCC(=O)NC2=O)c2ccc(CN3CCN(C(=O)OCc4ccccc4)CC3)cc21. The van der Waals surface area contributed by atoms with Gasteiger partial charge in [-0.25, -0.2) is 9.59 Å². The molecule has 0 aliphatic carbocycles. The Morgan fingerprint density at radius 1 is 0.972 bits per heavy atom. The van der Waals surface area contributed by atoms with Gasteiger partial charge in [-0.3, -0.25) is 28.9 Å². The number of carbonyl (C=O) groups excluding carboxylic acids is 3. The summed E-state index contributed by atoms with van der Waals surface area (Å²) in [6.07, 6.45) is 0.219. The van der Waals surface area contributed by atoms with Crippen molar-refractivity contribution in [2.75, 3.05) is 26.2 Å². The van der Waals surface area contributed by atoms with Gasteiger partial charge in [0.1, 0.15) is 12.6 Å². The molecule has 1 N–H and O–H groups in total. The Bertz CT molecular complexity index is 1350. The van der Waals surface area contributed by atoms with Crippen LogP contribution in [0.4, 0.5) is 4.79 Å². The van der Waals surface area contributed by atoms with Gasteiger partial charge in [-0.2, -0.15) is 0 Å². The van der Waals surface area contributed by atoms with Gasteiger partial charge < -0.3 is 9.64 Å². The molecule has 5 rings (SSSR count). The van der Waals surface area contributed by atoms with Crippen LogP contribution in [0.1, 0.15) is 30.0 Å². The fraction of sp³-hybridized carbons (Fsp3) is 0.385. The second-order valence-electron chi connectivity index (χ2n) is 9.30. The number of imide groups is 1. The lowest BCUT2D eigenvalue weighted by Crippen LogP contribution is -2.48. The van der Waals surface area contributed by atoms with Crippen molar-refractivity contribution in [2.24, 2.45) is 7.05 Å². The van der Waals surface area contributed by atoms with Crippen molar-refractivity contribution in [2.45, 2.75) is 32.0 Å². The van der Waals surface area contributed by atoms with Crippen LogP contribution in [0.3, 0.4) is 0 Å². The number of benzene rings is 2. The zero-order chi connectivity index (χ0) is 25.2. The summed E-state index contributed by atoms with van der Waals surface area (Å²) < 4.78 is 8.48. The van der Waals surface area contributed by atoms with Crippen LogP contribution in [0, 0.1) is 0 Å². The predicted molar refractivity (Wildman–Crippen MR) is 132 cm³/mol. The van der Waals surface area contributed by atoms with E-state index in [2.05, 4.69) is 10.2 Å². The Labute approximate surface area is 208 Å². The average Bonchev–Trinajstić information content (AvgIpc) is 3.13. The summed E-state index contributed by atoms with van der Waals surface area (Å²) in [6.45, 7) is 3.54. The number of hydrogen-bond acceptors (Lipinski definition) is 6. The van der Waals surface area contributed by atoms with Crippen molar-refractivity contribution in [1.82, 2.24) is 24.3 Å². The van der Waals surface area contributed by atoms with E-state index in [0.717, 1.165) is 16.6 Å². The third kappa shape index (κ3) is 4.76. The molecule has 2 aromatic carbocycles. The Balaban J connectivity index is 1.22. The molecule has 188 valence electrons. The number of piperazine rings is 1. The average molecular weight is 492 g/mol. The van der Waals surface area contributed by atoms with E-state index in [1.54, 1.807) is 16.5 Å². The van der Waals surface area contributed by atoms with Crippen molar-refractivity contribution in [3.63, 3.8) is 0 Å². The molecule has 36 heavy (non-hydrogen) atoms. The molecule has 1 atom stereocenters. The number of carbonyl (C=O) groups is 3. The summed E-state index contributed by atoms with van der Waals surface area (Å²) in [6, 6.07) is 14.7. The van der Waals surface area contributed by atoms with Crippen molar-refractivity contribution >= 4 is 28.9 Å². The smallest absolute Gasteiger partial charge is 0.410 e. The van der Waals surface area contributed by atoms with Crippen molar-refractivity contribution < 1.29 is 19.1 Å². The summed E-state index contributed by atoms with van der Waals surface area (Å²) in [5.41, 5.74) is 3.13. The first-order valence-electron chi connectivity index (χ1n) is 12.1. The first-order valence-corrected chi connectivity index (χ1v) is 12.1. The molecule has 2 saturated heterocycles. The maximum absolute atomic E-state index is 13.0. The number of piperidine rings is 1. The minimum absolute atomic E-state index is 0.211. The normalized spacial score (nSPS) is 18.9. The molecule has 0 spiro atoms. The summed E-state index contributed by atoms with van der Waals surface area (Å²) >= 11 is 0. The minimum Gasteiger partial charge on any atom is -0.445 e. The summed E-state index contributed by atoms with van der Waals surface area (Å²) in [7, 11) is 1.69. The number of fused-ring (bicyclic) bond motifs is 1. The number of hydrogen-bond donors (Lipinski definition) is 1. The highest BCUT2D eigenvalue weighted by Crippen LogP contribution is 2.24. The summed E-state index contributed by atoms with van der Waals surface area (Å²) in [5.74, 6) is -0.749. The molecule has 0 bridgehead atoms. The van der Waals surface area contributed by atoms with Gasteiger partial charge in [0.05, 0.1) is 11.0 Å². The summed E-state index contributed by atoms with van der Waals surface area (Å²) in [4.78, 5) is 53.3. The van der Waals surface area contributed by atoms with E-state index in [0.29, 0.717) is 44.7 Å². The number of imidazole rings is 1. The number of ether oxygens (including phenoxy) is 1. The van der Waals surface area contributed by atoms with Crippen LogP contribution in [-0.2, 0) is 34.5 Å². The Kier molecular flexibility index (Phi) is 6.60. The van der Waals surface area contributed by atoms with E-state index < -0.39 is 11.9 Å². The molecule has 2 aliphatic heterocycles. The van der Waals surface area contributed by atoms with Gasteiger partial charge in [0.2, 0.25) is 11.8 Å². The van der Waals surface area contributed by atoms with Gasteiger partial charge in [0, 0.05) is 46.2 Å². The Hall–Kier alpha value is -3.92. The third-order valence-corrected chi connectivity index (χ3v) is 6.92. The van der Waals surface area contributed by atoms with E-state index in [9.17, 15) is 19.2 Å². The zero-order valence-corrected chi connectivity index (χ0v) is 20.2. The first-order chi connectivity index (χ1) is 17.4. The highest BCUT2D eigenvalue weighted by atomic mass is 16.6. The number of aryl methyl sites for hydroxylation is 1. The molecule has 3 aromatic rings. The highest BCUT2D eigenvalue weighted by molar-refractivity contribution is 6.00. The maximum atomic E-state index is 13.0. The molecule has 1 aromatic heterocycles. The number of aromatic nitrogens is 2. The molecular formula is C26H29N5O5. The first kappa shape index (κ1) is 23.8. The van der Waals surface area contributed by atoms with Gasteiger partial charge in [0.15, 0.2) is 0 Å². The number of amides is 3. The van der Waals surface area contributed by atoms with Crippen LogP contribution in [0.2, 0.25) is 0 Å². The fourth-order valence-corrected chi connectivity index (χ4v) is 4.89. The van der Waals surface area contributed by atoms with Crippen LogP contribution in [0.5, 0.6) is 0 Å². The van der Waals surface area contributed by atoms with Gasteiger partial charge in [-0.1, -0.05) is 36.4 Å². The molecule has 0 radical (unpaired) electrons. The van der Waals surface area contributed by atoms with Crippen LogP contribution in [0.25, 0.3) is 11.0 Å². The van der Waals surface area contributed by atoms with Crippen molar-refractivity contribution in [3.8, 4) is 0 Å². The van der Waals surface area contributed by atoms with Crippen LogP contribution < -0.4 is 11.0 Å². The standard InChI is InChI=1S/C26H29N5O5/c1-28-22-15-19(7-8-20(22)31(25(28)34)21-9-10-23(32)27-24(21)33)16-29-11-13-30(14-12-29)26(35)36-17-18-5-3-2-4-6-18/h2-8,15,21H,9-14,16-17H2,1H3,(H,27,32,33). The number of nitrogens with zero attached hydrogens (tertiary/aromatic N) is 4. The fourth-order valence-electron chi connectivity index (χ4n) is 4.89. The van der Waals surface area contributed by atoms with Crippen LogP contribution in [0.15, 0.2) is 53.3 Å². The molecule has 2 fully saturated rings. The number of rotatable bonds is 5. The van der Waals surface area contributed by atoms with Gasteiger partial charge in [-0.05, 0) is 29.7 Å². The lowest BCUT2D eigenvalue weighted by molar-refractivity contribution is -0.135. The molecule has 10 heteroatoms. The van der Waals surface area contributed by atoms with Gasteiger partial charge >= 0.3 is 11.8 Å². The maximum Gasteiger partial charge on any atom is 0.410 e. The van der Waals surface area contributed by atoms with Gasteiger partial charge in [0.25, 0.3) is 0 Å². The second-order valence-corrected chi connectivity index (χ2v) is 9.30. The van der Waals surface area contributed by atoms with Crippen LogP contribution >= 0.6 is 0 Å². The monoisotopic (exact) mass is 491 g/mol. The molecule has 2 aliphatic rings. The largest absolute Gasteiger partial charge is 0.445 e. The van der Waals surface area contributed by atoms with E-state index in [4.69, 9.17) is 4.74 Å². The van der Waals surface area contributed by atoms with Crippen LogP contribution in [-0.4, -0.2) is 63.0 Å². The van der Waals surface area contributed by atoms with Crippen molar-refractivity contribution in [3.05, 3.63) is 70.1 Å². The minimum atomic E-state index is -0.695. The molecule has 0 saturated carbocycles. The molecule has 3 heterocycles. The van der Waals surface area contributed by atoms with E-state index >= 15 is 0 Å². The van der Waals surface area contributed by atoms with E-state index in [-0.39, 0.29) is 30.7 Å². The Morgan fingerprint density at radius 3 is 2.44 bits per heavy atom. The quantitative estimate of drug-likeness (QED) is 0.546. The zero-order valence-electron chi connectivity index (χ0n) is 20.2. The van der Waals surface area contributed by atoms with Crippen molar-refractivity contribution in [1.29, 1.82) is 0 Å². The lowest BCUT2D eigenvalue weighted by atomic mass is 10.1. The predicted octanol–water partition coefficient (Wildman–Crippen LogP) is 1.77. The molecule has 10 nitrogen and oxygen atoms in total. The number of nitrogens with one attached hydrogen (secondary N) is 1. The lowest BCUT2D eigenvalue weighted by Gasteiger charge is -2.34.